The van der Waals surface area contributed by atoms with Crippen LogP contribution in [0.4, 0.5) is 5.69 Å². The van der Waals surface area contributed by atoms with Crippen LogP contribution in [-0.4, -0.2) is 7.05 Å². The molecule has 134 valence electrons. The molecule has 0 N–H and O–H groups in total. The minimum atomic E-state index is 1.05. The first-order valence-electron chi connectivity index (χ1n) is 9.20. The van der Waals surface area contributed by atoms with Gasteiger partial charge in [-0.15, -0.1) is 11.3 Å². The summed E-state index contributed by atoms with van der Waals surface area (Å²) in [7, 11) is 2.14. The molecule has 0 radical (unpaired) electrons. The second-order valence-corrected chi connectivity index (χ2v) is 7.86. The molecule has 0 saturated heterocycles. The zero-order valence-electron chi connectivity index (χ0n) is 15.8. The highest BCUT2D eigenvalue weighted by molar-refractivity contribution is 7.17. The monoisotopic (exact) mass is 369 g/mol. The van der Waals surface area contributed by atoms with Gasteiger partial charge in [-0.05, 0) is 29.7 Å². The maximum absolute atomic E-state index is 3.76. The predicted molar refractivity (Wildman–Crippen MR) is 122 cm³/mol. The van der Waals surface area contributed by atoms with Gasteiger partial charge in [0.1, 0.15) is 0 Å². The Hall–Kier alpha value is -2.84. The van der Waals surface area contributed by atoms with E-state index in [1.807, 2.05) is 23.5 Å². The molecule has 1 aromatic heterocycles. The number of hydrogen-bond acceptors (Lipinski definition) is 2. The maximum Gasteiger partial charge on any atom is 0.0664 e. The number of benzene rings is 2. The summed E-state index contributed by atoms with van der Waals surface area (Å²) in [5, 5.41) is 2.76. The van der Waals surface area contributed by atoms with Gasteiger partial charge < -0.3 is 4.90 Å². The van der Waals surface area contributed by atoms with Gasteiger partial charge in [-0.3, -0.25) is 0 Å². The molecule has 0 spiro atoms. The van der Waals surface area contributed by atoms with Gasteiger partial charge in [0, 0.05) is 28.7 Å². The van der Waals surface area contributed by atoms with E-state index in [0.717, 1.165) is 6.42 Å². The van der Waals surface area contributed by atoms with E-state index in [-0.39, 0.29) is 0 Å². The van der Waals surface area contributed by atoms with Crippen molar-refractivity contribution in [2.75, 3.05) is 11.9 Å². The van der Waals surface area contributed by atoms with Gasteiger partial charge in [-0.2, -0.15) is 0 Å². The molecule has 27 heavy (non-hydrogen) atoms. The Morgan fingerprint density at radius 1 is 1.11 bits per heavy atom. The smallest absolute Gasteiger partial charge is 0.0664 e. The lowest BCUT2D eigenvalue weighted by Crippen LogP contribution is -2.14. The topological polar surface area (TPSA) is 3.24 Å². The molecular weight excluding hydrogens is 346 g/mol. The molecule has 1 aliphatic rings. The third-order valence-electron chi connectivity index (χ3n) is 4.85. The highest BCUT2D eigenvalue weighted by atomic mass is 32.1. The van der Waals surface area contributed by atoms with Gasteiger partial charge >= 0.3 is 0 Å². The second-order valence-electron chi connectivity index (χ2n) is 6.81. The van der Waals surface area contributed by atoms with Crippen molar-refractivity contribution in [2.24, 2.45) is 0 Å². The molecule has 0 atom stereocenters. The average molecular weight is 370 g/mol. The summed E-state index contributed by atoms with van der Waals surface area (Å²) >= 11 is 1.90. The Kier molecular flexibility index (Phi) is 4.83. The number of nitrogens with zero attached hydrogens (tertiary/aromatic N) is 1. The predicted octanol–water partition coefficient (Wildman–Crippen LogP) is 5.62. The van der Waals surface area contributed by atoms with Crippen LogP contribution in [0, 0.1) is 0 Å². The summed E-state index contributed by atoms with van der Waals surface area (Å²) in [6, 6.07) is 15.2. The standard InChI is InChI=1S/C25H23NS/c1-4-5-10-18(2)17-26(3)24-20(19-11-7-6-8-12-19)15-16-22-21-13-9-14-23(21)27-25(22)24/h4-8,10-17H,1,9H2,2-3H3/b10-5-,18-17-. The number of rotatable bonds is 5. The van der Waals surface area contributed by atoms with E-state index in [9.17, 15) is 0 Å². The molecule has 4 rings (SSSR count). The lowest BCUT2D eigenvalue weighted by atomic mass is 10.0. The number of allylic oxidation sites excluding steroid dienone is 4. The van der Waals surface area contributed by atoms with Crippen molar-refractivity contribution < 1.29 is 0 Å². The van der Waals surface area contributed by atoms with Crippen LogP contribution < -0.4 is 14.7 Å². The summed E-state index contributed by atoms with van der Waals surface area (Å²) in [5.74, 6) is 0. The highest BCUT2D eigenvalue weighted by Gasteiger charge is 2.16. The van der Waals surface area contributed by atoms with E-state index >= 15 is 0 Å². The van der Waals surface area contributed by atoms with Crippen molar-refractivity contribution in [2.45, 2.75) is 13.3 Å². The Bertz CT molecular complexity index is 1180. The first kappa shape index (κ1) is 17.6. The van der Waals surface area contributed by atoms with Crippen molar-refractivity contribution in [3.8, 4) is 11.1 Å². The zero-order valence-corrected chi connectivity index (χ0v) is 16.6. The zero-order chi connectivity index (χ0) is 18.8. The van der Waals surface area contributed by atoms with Crippen LogP contribution in [0.25, 0.3) is 33.4 Å². The van der Waals surface area contributed by atoms with Crippen LogP contribution in [0.2, 0.25) is 0 Å². The number of anilines is 1. The Labute approximate surface area is 164 Å². The van der Waals surface area contributed by atoms with E-state index in [1.54, 1.807) is 0 Å². The summed E-state index contributed by atoms with van der Waals surface area (Å²) in [5.41, 5.74) is 4.97. The lowest BCUT2D eigenvalue weighted by Gasteiger charge is -2.21. The van der Waals surface area contributed by atoms with Crippen LogP contribution in [0.15, 0.2) is 79.0 Å². The SMILES string of the molecule is C=C/C=C\C(C)=C/N(C)c1c(-c2ccccc2)ccc2c3c(sc12)=CCC=3. The molecule has 2 aromatic carbocycles. The van der Waals surface area contributed by atoms with Crippen LogP contribution >= 0.6 is 11.3 Å². The van der Waals surface area contributed by atoms with Crippen LogP contribution in [-0.2, 0) is 0 Å². The third-order valence-corrected chi connectivity index (χ3v) is 6.08. The van der Waals surface area contributed by atoms with Gasteiger partial charge in [0.25, 0.3) is 0 Å². The molecule has 0 aliphatic heterocycles. The molecule has 0 unspecified atom stereocenters. The van der Waals surface area contributed by atoms with Crippen molar-refractivity contribution in [3.05, 3.63) is 88.8 Å². The molecule has 1 heterocycles. The van der Waals surface area contributed by atoms with Crippen LogP contribution in [0.5, 0.6) is 0 Å². The number of thiophene rings is 1. The van der Waals surface area contributed by atoms with Gasteiger partial charge in [-0.1, -0.05) is 79.4 Å². The van der Waals surface area contributed by atoms with E-state index in [0.29, 0.717) is 0 Å². The van der Waals surface area contributed by atoms with Gasteiger partial charge in [0.05, 0.1) is 10.4 Å². The van der Waals surface area contributed by atoms with Crippen molar-refractivity contribution in [1.82, 2.24) is 0 Å². The first-order valence-corrected chi connectivity index (χ1v) is 10.0. The first-order chi connectivity index (χ1) is 13.2. The normalized spacial score (nSPS) is 13.5. The molecule has 0 fully saturated rings. The molecule has 3 aromatic rings. The van der Waals surface area contributed by atoms with Crippen molar-refractivity contribution in [1.29, 1.82) is 0 Å². The van der Waals surface area contributed by atoms with E-state index in [1.165, 1.54) is 42.2 Å². The maximum atomic E-state index is 3.76. The van der Waals surface area contributed by atoms with Crippen molar-refractivity contribution in [3.63, 3.8) is 0 Å². The average Bonchev–Trinajstić information content (AvgIpc) is 3.27. The Balaban J connectivity index is 1.96. The summed E-state index contributed by atoms with van der Waals surface area (Å²) < 4.78 is 2.75. The largest absolute Gasteiger partial charge is 0.349 e. The lowest BCUT2D eigenvalue weighted by molar-refractivity contribution is 1.19. The number of hydrogen-bond donors (Lipinski definition) is 0. The minimum absolute atomic E-state index is 1.05. The molecular formula is C25H23NS. The molecule has 0 saturated carbocycles. The highest BCUT2D eigenvalue weighted by Crippen LogP contribution is 2.38. The van der Waals surface area contributed by atoms with Gasteiger partial charge in [0.2, 0.25) is 0 Å². The van der Waals surface area contributed by atoms with E-state index in [4.69, 9.17) is 0 Å². The van der Waals surface area contributed by atoms with Gasteiger partial charge in [-0.25, -0.2) is 0 Å². The summed E-state index contributed by atoms with van der Waals surface area (Å²) in [6.07, 6.45) is 13.8. The van der Waals surface area contributed by atoms with Crippen molar-refractivity contribution >= 4 is 39.3 Å². The molecule has 1 aliphatic carbocycles. The van der Waals surface area contributed by atoms with Crippen LogP contribution in [0.1, 0.15) is 13.3 Å². The quantitative estimate of drug-likeness (QED) is 0.528. The molecule has 1 nitrogen and oxygen atoms in total. The Morgan fingerprint density at radius 2 is 1.93 bits per heavy atom. The second kappa shape index (κ2) is 7.42. The molecule has 2 heteroatoms. The number of fused-ring (bicyclic) bond motifs is 3. The summed E-state index contributed by atoms with van der Waals surface area (Å²) in [4.78, 5) is 2.26. The summed E-state index contributed by atoms with van der Waals surface area (Å²) in [6.45, 7) is 5.88. The van der Waals surface area contributed by atoms with Gasteiger partial charge in [0.15, 0.2) is 0 Å². The fraction of sp³-hybridized carbons (Fsp3) is 0.120. The Morgan fingerprint density at radius 3 is 2.70 bits per heavy atom. The van der Waals surface area contributed by atoms with E-state index in [2.05, 4.69) is 92.3 Å². The fourth-order valence-corrected chi connectivity index (χ4v) is 5.01. The molecule has 0 amide bonds. The van der Waals surface area contributed by atoms with E-state index < -0.39 is 0 Å². The minimum Gasteiger partial charge on any atom is -0.349 e. The molecule has 0 bridgehead atoms. The fourth-order valence-electron chi connectivity index (χ4n) is 3.66. The third kappa shape index (κ3) is 3.29. The van der Waals surface area contributed by atoms with Crippen LogP contribution in [0.3, 0.4) is 0 Å².